The molecule has 0 aliphatic heterocycles. The third-order valence-corrected chi connectivity index (χ3v) is 4.37. The Kier molecular flexibility index (Phi) is 2.76. The van der Waals surface area contributed by atoms with E-state index in [1.54, 1.807) is 12.1 Å². The molecule has 0 saturated carbocycles. The van der Waals surface area contributed by atoms with Gasteiger partial charge in [0.2, 0.25) is 0 Å². The zero-order chi connectivity index (χ0) is 12.8. The van der Waals surface area contributed by atoms with Crippen molar-refractivity contribution in [3.63, 3.8) is 0 Å². The van der Waals surface area contributed by atoms with Crippen LogP contribution >= 0.6 is 0 Å². The van der Waals surface area contributed by atoms with Crippen molar-refractivity contribution in [3.8, 4) is 0 Å². The van der Waals surface area contributed by atoms with E-state index >= 15 is 0 Å². The minimum atomic E-state index is -1.01. The van der Waals surface area contributed by atoms with Crippen molar-refractivity contribution in [1.82, 2.24) is 0 Å². The van der Waals surface area contributed by atoms with Gasteiger partial charge in [0.25, 0.3) is 0 Å². The summed E-state index contributed by atoms with van der Waals surface area (Å²) in [7, 11) is 0. The molecule has 0 aliphatic rings. The van der Waals surface area contributed by atoms with Gasteiger partial charge in [-0.1, -0.05) is 0 Å². The van der Waals surface area contributed by atoms with Crippen molar-refractivity contribution in [2.75, 3.05) is 0 Å². The summed E-state index contributed by atoms with van der Waals surface area (Å²) in [5.41, 5.74) is 0.421. The van der Waals surface area contributed by atoms with Crippen LogP contribution in [0.1, 0.15) is 36.7 Å². The Morgan fingerprint density at radius 2 is 2.00 bits per heavy atom. The topological polar surface area (TPSA) is 67.5 Å². The van der Waals surface area contributed by atoms with E-state index in [9.17, 15) is 9.59 Å². The molecule has 5 heteroatoms. The Hall–Kier alpha value is -1.32. The summed E-state index contributed by atoms with van der Waals surface area (Å²) in [6.07, 6.45) is 0. The predicted molar refractivity (Wildman–Crippen MR) is 65.1 cm³/mol. The van der Waals surface area contributed by atoms with Crippen LogP contribution in [-0.4, -0.2) is 25.9 Å². The van der Waals surface area contributed by atoms with E-state index in [1.165, 1.54) is 0 Å². The van der Waals surface area contributed by atoms with Gasteiger partial charge >= 0.3 is 104 Å². The Balaban J connectivity index is 2.88. The number of carboxylic acids is 1. The molecule has 0 saturated heterocycles. The molecule has 2 rings (SSSR count). The van der Waals surface area contributed by atoms with E-state index < -0.39 is 26.4 Å². The van der Waals surface area contributed by atoms with Gasteiger partial charge < -0.3 is 0 Å². The standard InChI is InChI=1S/C12H12O4Se/c1-12(2,3)6-4-7(10(13)14)9-8(5-6)11(15)16-17-9/h4-5H,1-3H3,(H,13,14). The number of benzene rings is 1. The van der Waals surface area contributed by atoms with Crippen molar-refractivity contribution in [1.29, 1.82) is 0 Å². The van der Waals surface area contributed by atoms with Crippen molar-refractivity contribution in [2.45, 2.75) is 26.2 Å². The first-order valence-electron chi connectivity index (χ1n) is 5.11. The summed E-state index contributed by atoms with van der Waals surface area (Å²) in [4.78, 5) is 22.7. The summed E-state index contributed by atoms with van der Waals surface area (Å²) < 4.78 is 5.49. The van der Waals surface area contributed by atoms with E-state index in [-0.39, 0.29) is 11.0 Å². The molecule has 0 bridgehead atoms. The summed E-state index contributed by atoms with van der Waals surface area (Å²) in [5, 5.41) is 9.58. The van der Waals surface area contributed by atoms with Crippen LogP contribution in [0.5, 0.6) is 0 Å². The first-order valence-corrected chi connectivity index (χ1v) is 6.67. The van der Waals surface area contributed by atoms with Crippen molar-refractivity contribution < 1.29 is 13.4 Å². The molecule has 17 heavy (non-hydrogen) atoms. The van der Waals surface area contributed by atoms with Gasteiger partial charge in [0.15, 0.2) is 0 Å². The van der Waals surface area contributed by atoms with E-state index in [0.29, 0.717) is 9.65 Å². The molecule has 0 spiro atoms. The molecule has 4 nitrogen and oxygen atoms in total. The van der Waals surface area contributed by atoms with Crippen LogP contribution in [0.15, 0.2) is 20.4 Å². The summed E-state index contributed by atoms with van der Waals surface area (Å²) in [5.74, 6) is -1.01. The van der Waals surface area contributed by atoms with Crippen LogP contribution in [0.3, 0.4) is 0 Å². The van der Waals surface area contributed by atoms with Gasteiger partial charge in [-0.2, -0.15) is 0 Å². The second-order valence-corrected chi connectivity index (χ2v) is 6.47. The van der Waals surface area contributed by atoms with E-state index in [4.69, 9.17) is 8.59 Å². The second kappa shape index (κ2) is 3.86. The molecule has 1 aromatic heterocycles. The third-order valence-electron chi connectivity index (χ3n) is 2.61. The fraction of sp³-hybridized carbons (Fsp3) is 0.333. The Morgan fingerprint density at radius 1 is 1.35 bits per heavy atom. The number of aromatic carboxylic acids is 1. The molecule has 1 N–H and O–H groups in total. The van der Waals surface area contributed by atoms with Crippen LogP contribution in [0.2, 0.25) is 0 Å². The molecule has 1 heterocycles. The van der Waals surface area contributed by atoms with Gasteiger partial charge in [-0.15, -0.1) is 0 Å². The van der Waals surface area contributed by atoms with E-state index in [2.05, 4.69) is 0 Å². The fourth-order valence-corrected chi connectivity index (χ4v) is 3.09. The molecule has 2 aromatic rings. The van der Waals surface area contributed by atoms with Gasteiger partial charge in [0, 0.05) is 0 Å². The molecule has 1 aromatic carbocycles. The Morgan fingerprint density at radius 3 is 2.53 bits per heavy atom. The average molecular weight is 299 g/mol. The van der Waals surface area contributed by atoms with Crippen LogP contribution in [-0.2, 0) is 5.41 Å². The summed E-state index contributed by atoms with van der Waals surface area (Å²) in [6.45, 7) is 5.93. The van der Waals surface area contributed by atoms with Crippen LogP contribution in [0.25, 0.3) is 9.65 Å². The van der Waals surface area contributed by atoms with Crippen molar-refractivity contribution >= 4 is 30.5 Å². The first-order chi connectivity index (χ1) is 7.80. The molecule has 0 atom stereocenters. The Labute approximate surface area is 104 Å². The second-order valence-electron chi connectivity index (χ2n) is 4.91. The Bertz CT molecular complexity index is 643. The quantitative estimate of drug-likeness (QED) is 0.816. The van der Waals surface area contributed by atoms with Crippen molar-refractivity contribution in [2.24, 2.45) is 0 Å². The summed E-state index contributed by atoms with van der Waals surface area (Å²) in [6, 6.07) is 3.39. The molecule has 0 aliphatic carbocycles. The number of carbonyl (C=O) groups is 1. The molecule has 90 valence electrons. The zero-order valence-electron chi connectivity index (χ0n) is 9.73. The van der Waals surface area contributed by atoms with Gasteiger partial charge in [-0.05, 0) is 0 Å². The summed E-state index contributed by atoms with van der Waals surface area (Å²) >= 11 is -0.517. The first kappa shape index (κ1) is 12.1. The fourth-order valence-electron chi connectivity index (χ4n) is 1.59. The molecule has 0 amide bonds. The molecule has 0 fully saturated rings. The number of carboxylic acid groups (broad SMARTS) is 1. The van der Waals surface area contributed by atoms with E-state index in [1.807, 2.05) is 20.8 Å². The number of hydrogen-bond acceptors (Lipinski definition) is 3. The maximum atomic E-state index is 11.5. The molecule has 0 unspecified atom stereocenters. The monoisotopic (exact) mass is 300 g/mol. The number of hydrogen-bond donors (Lipinski definition) is 1. The SMILES string of the molecule is CC(C)(C)c1cc(C(=O)O)c2[se]oc(=O)c2c1. The van der Waals surface area contributed by atoms with Gasteiger partial charge in [0.05, 0.1) is 0 Å². The van der Waals surface area contributed by atoms with Gasteiger partial charge in [0.1, 0.15) is 0 Å². The van der Waals surface area contributed by atoms with Crippen LogP contribution in [0.4, 0.5) is 0 Å². The van der Waals surface area contributed by atoms with Crippen LogP contribution in [0, 0.1) is 0 Å². The predicted octanol–water partition coefficient (Wildman–Crippen LogP) is 1.85. The third kappa shape index (κ3) is 2.08. The molecular weight excluding hydrogens is 287 g/mol. The molecule has 0 radical (unpaired) electrons. The van der Waals surface area contributed by atoms with E-state index in [0.717, 1.165) is 5.56 Å². The van der Waals surface area contributed by atoms with Crippen LogP contribution < -0.4 is 5.63 Å². The number of fused-ring (bicyclic) bond motifs is 1. The van der Waals surface area contributed by atoms with Gasteiger partial charge in [-0.25, -0.2) is 0 Å². The maximum absolute atomic E-state index is 11.5. The number of rotatable bonds is 1. The normalized spacial score (nSPS) is 11.9. The minimum absolute atomic E-state index is 0.193. The molecular formula is C12H12O4Se. The zero-order valence-corrected chi connectivity index (χ0v) is 11.4. The van der Waals surface area contributed by atoms with Crippen molar-refractivity contribution in [3.05, 3.63) is 33.7 Å². The van der Waals surface area contributed by atoms with Gasteiger partial charge in [-0.3, -0.25) is 0 Å². The average Bonchev–Trinajstić information content (AvgIpc) is 2.58.